The Morgan fingerprint density at radius 2 is 2.00 bits per heavy atom. The van der Waals surface area contributed by atoms with E-state index in [4.69, 9.17) is 9.73 Å². The third-order valence-electron chi connectivity index (χ3n) is 3.27. The topological polar surface area (TPSA) is 74.8 Å². The van der Waals surface area contributed by atoms with E-state index in [0.717, 1.165) is 31.0 Å². The predicted octanol–water partition coefficient (Wildman–Crippen LogP) is 2.95. The van der Waals surface area contributed by atoms with E-state index in [1.807, 2.05) is 30.3 Å². The van der Waals surface area contributed by atoms with Crippen LogP contribution < -0.4 is 0 Å². The lowest BCUT2D eigenvalue weighted by atomic mass is 10.2. The SMILES string of the molecule is CCN(CC)CCS/C(=N/O)c1nc(-c2ccccc2)no1. The van der Waals surface area contributed by atoms with Gasteiger partial charge in [-0.1, -0.05) is 66.3 Å². The Hall–Kier alpha value is -1.86. The molecule has 22 heavy (non-hydrogen) atoms. The molecule has 1 heterocycles. The van der Waals surface area contributed by atoms with Gasteiger partial charge in [0.05, 0.1) is 0 Å². The molecule has 0 radical (unpaired) electrons. The maximum absolute atomic E-state index is 9.16. The molecule has 0 bridgehead atoms. The molecule has 6 nitrogen and oxygen atoms in total. The predicted molar refractivity (Wildman–Crippen MR) is 88.3 cm³/mol. The van der Waals surface area contributed by atoms with Gasteiger partial charge in [0.2, 0.25) is 10.9 Å². The minimum absolute atomic E-state index is 0.242. The molecule has 0 aliphatic rings. The minimum atomic E-state index is 0.242. The molecule has 1 aromatic heterocycles. The van der Waals surface area contributed by atoms with E-state index >= 15 is 0 Å². The van der Waals surface area contributed by atoms with Gasteiger partial charge < -0.3 is 14.6 Å². The van der Waals surface area contributed by atoms with E-state index in [1.54, 1.807) is 0 Å². The van der Waals surface area contributed by atoms with Crippen LogP contribution in [-0.2, 0) is 0 Å². The summed E-state index contributed by atoms with van der Waals surface area (Å²) in [5.41, 5.74) is 0.864. The fourth-order valence-electron chi connectivity index (χ4n) is 1.96. The van der Waals surface area contributed by atoms with Gasteiger partial charge in [-0.3, -0.25) is 0 Å². The maximum Gasteiger partial charge on any atom is 0.286 e. The second-order valence-corrected chi connectivity index (χ2v) is 5.65. The molecule has 0 aliphatic carbocycles. The number of aromatic nitrogens is 2. The van der Waals surface area contributed by atoms with Crippen molar-refractivity contribution in [2.75, 3.05) is 25.4 Å². The maximum atomic E-state index is 9.16. The van der Waals surface area contributed by atoms with Crippen LogP contribution in [0.25, 0.3) is 11.4 Å². The summed E-state index contributed by atoms with van der Waals surface area (Å²) in [4.78, 5) is 6.58. The first kappa shape index (κ1) is 16.5. The highest BCUT2D eigenvalue weighted by Gasteiger charge is 2.16. The first-order chi connectivity index (χ1) is 10.8. The van der Waals surface area contributed by atoms with Crippen LogP contribution in [0.3, 0.4) is 0 Å². The molecule has 0 amide bonds. The van der Waals surface area contributed by atoms with Crippen molar-refractivity contribution >= 4 is 16.8 Å². The number of hydrogen-bond donors (Lipinski definition) is 1. The van der Waals surface area contributed by atoms with Crippen molar-refractivity contribution in [2.45, 2.75) is 13.8 Å². The van der Waals surface area contributed by atoms with Crippen molar-refractivity contribution in [3.8, 4) is 11.4 Å². The van der Waals surface area contributed by atoms with Crippen LogP contribution in [0.2, 0.25) is 0 Å². The molecule has 118 valence electrons. The standard InChI is InChI=1S/C15H20N4O2S/c1-3-19(4-2)10-11-22-15(17-20)14-16-13(18-21-14)12-8-6-5-7-9-12/h5-9,20H,3-4,10-11H2,1-2H3/b17-15+. The molecule has 0 aliphatic heterocycles. The monoisotopic (exact) mass is 320 g/mol. The Kier molecular flexibility index (Phi) is 6.42. The van der Waals surface area contributed by atoms with Crippen molar-refractivity contribution in [2.24, 2.45) is 5.16 Å². The van der Waals surface area contributed by atoms with Crippen LogP contribution in [0.4, 0.5) is 0 Å². The zero-order valence-corrected chi connectivity index (χ0v) is 13.6. The largest absolute Gasteiger partial charge is 0.410 e. The fraction of sp³-hybridized carbons (Fsp3) is 0.400. The first-order valence-corrected chi connectivity index (χ1v) is 8.23. The molecule has 0 saturated heterocycles. The summed E-state index contributed by atoms with van der Waals surface area (Å²) in [5.74, 6) is 1.52. The molecule has 2 rings (SSSR count). The van der Waals surface area contributed by atoms with E-state index in [2.05, 4.69) is 34.0 Å². The van der Waals surface area contributed by atoms with Crippen molar-refractivity contribution in [1.82, 2.24) is 15.0 Å². The summed E-state index contributed by atoms with van der Waals surface area (Å²) in [6.45, 7) is 7.16. The third-order valence-corrected chi connectivity index (χ3v) is 4.19. The molecule has 0 atom stereocenters. The van der Waals surface area contributed by atoms with E-state index in [-0.39, 0.29) is 5.89 Å². The second-order valence-electron chi connectivity index (χ2n) is 4.57. The highest BCUT2D eigenvalue weighted by Crippen LogP contribution is 2.18. The van der Waals surface area contributed by atoms with Gasteiger partial charge in [-0.25, -0.2) is 0 Å². The quantitative estimate of drug-likeness (QED) is 0.366. The van der Waals surface area contributed by atoms with Gasteiger partial charge in [0.1, 0.15) is 0 Å². The normalized spacial score (nSPS) is 12.0. The minimum Gasteiger partial charge on any atom is -0.410 e. The first-order valence-electron chi connectivity index (χ1n) is 7.25. The Bertz CT molecular complexity index is 597. The summed E-state index contributed by atoms with van der Waals surface area (Å²) in [5, 5.41) is 16.7. The van der Waals surface area contributed by atoms with E-state index < -0.39 is 0 Å². The molecule has 0 saturated carbocycles. The number of nitrogens with zero attached hydrogens (tertiary/aromatic N) is 4. The van der Waals surface area contributed by atoms with Gasteiger partial charge >= 0.3 is 0 Å². The van der Waals surface area contributed by atoms with E-state index in [1.165, 1.54) is 11.8 Å². The molecular formula is C15H20N4O2S. The van der Waals surface area contributed by atoms with Crippen LogP contribution in [0.1, 0.15) is 19.7 Å². The van der Waals surface area contributed by atoms with Gasteiger partial charge in [-0.2, -0.15) is 4.98 Å². The van der Waals surface area contributed by atoms with Crippen molar-refractivity contribution in [3.05, 3.63) is 36.2 Å². The summed E-state index contributed by atoms with van der Waals surface area (Å²) in [6.07, 6.45) is 0. The molecule has 2 aromatic rings. The summed E-state index contributed by atoms with van der Waals surface area (Å²) in [6, 6.07) is 9.54. The molecule has 1 aromatic carbocycles. The van der Waals surface area contributed by atoms with Crippen LogP contribution in [0, 0.1) is 0 Å². The number of thioether (sulfide) groups is 1. The van der Waals surface area contributed by atoms with Crippen LogP contribution >= 0.6 is 11.8 Å². The highest BCUT2D eigenvalue weighted by atomic mass is 32.2. The Morgan fingerprint density at radius 1 is 1.27 bits per heavy atom. The number of rotatable bonds is 7. The lowest BCUT2D eigenvalue weighted by Gasteiger charge is -2.16. The van der Waals surface area contributed by atoms with E-state index in [0.29, 0.717) is 10.9 Å². The van der Waals surface area contributed by atoms with Gasteiger partial charge in [0.15, 0.2) is 0 Å². The van der Waals surface area contributed by atoms with E-state index in [9.17, 15) is 0 Å². The average molecular weight is 320 g/mol. The van der Waals surface area contributed by atoms with Crippen molar-refractivity contribution in [3.63, 3.8) is 0 Å². The number of benzene rings is 1. The molecule has 0 fully saturated rings. The summed E-state index contributed by atoms with van der Waals surface area (Å²) >= 11 is 1.40. The van der Waals surface area contributed by atoms with Gasteiger partial charge in [0.25, 0.3) is 5.89 Å². The zero-order chi connectivity index (χ0) is 15.8. The molecule has 7 heteroatoms. The molecule has 1 N–H and O–H groups in total. The Morgan fingerprint density at radius 3 is 2.64 bits per heavy atom. The fourth-order valence-corrected chi connectivity index (χ4v) is 2.77. The average Bonchev–Trinajstić information content (AvgIpc) is 3.06. The van der Waals surface area contributed by atoms with Crippen molar-refractivity contribution in [1.29, 1.82) is 0 Å². The second kappa shape index (κ2) is 8.55. The lowest BCUT2D eigenvalue weighted by molar-refractivity contribution is 0.317. The van der Waals surface area contributed by atoms with Crippen LogP contribution in [0.5, 0.6) is 0 Å². The number of oxime groups is 1. The summed E-state index contributed by atoms with van der Waals surface area (Å²) in [7, 11) is 0. The van der Waals surface area contributed by atoms with Gasteiger partial charge in [-0.15, -0.1) is 0 Å². The van der Waals surface area contributed by atoms with Crippen molar-refractivity contribution < 1.29 is 9.73 Å². The molecular weight excluding hydrogens is 300 g/mol. The smallest absolute Gasteiger partial charge is 0.286 e. The highest BCUT2D eigenvalue weighted by molar-refractivity contribution is 8.14. The van der Waals surface area contributed by atoms with Crippen LogP contribution in [-0.4, -0.2) is 50.7 Å². The van der Waals surface area contributed by atoms with Gasteiger partial charge in [0, 0.05) is 17.9 Å². The Balaban J connectivity index is 1.99. The lowest BCUT2D eigenvalue weighted by Crippen LogP contribution is -2.25. The third kappa shape index (κ3) is 4.32. The number of hydrogen-bond acceptors (Lipinski definition) is 7. The van der Waals surface area contributed by atoms with Crippen LogP contribution in [0.15, 0.2) is 40.0 Å². The van der Waals surface area contributed by atoms with Gasteiger partial charge in [-0.05, 0) is 13.1 Å². The Labute approximate surface area is 134 Å². The summed E-state index contributed by atoms with van der Waals surface area (Å²) < 4.78 is 5.20. The molecule has 0 spiro atoms. The zero-order valence-electron chi connectivity index (χ0n) is 12.8. The molecule has 0 unspecified atom stereocenters.